The van der Waals surface area contributed by atoms with E-state index in [0.717, 1.165) is 18.8 Å². The average molecular weight is 289 g/mol. The zero-order valence-corrected chi connectivity index (χ0v) is 14.1. The molecule has 1 N–H and O–H groups in total. The van der Waals surface area contributed by atoms with Crippen molar-refractivity contribution in [3.8, 4) is 5.75 Å². The summed E-state index contributed by atoms with van der Waals surface area (Å²) < 4.78 is 6.25. The average Bonchev–Trinajstić information content (AvgIpc) is 2.48. The number of hydrogen-bond donors (Lipinski definition) is 1. The van der Waals surface area contributed by atoms with E-state index in [2.05, 4.69) is 51.2 Å². The second-order valence-corrected chi connectivity index (χ2v) is 6.86. The fraction of sp³-hybridized carbons (Fsp3) is 0.684. The summed E-state index contributed by atoms with van der Waals surface area (Å²) in [5.74, 6) is 2.15. The largest absolute Gasteiger partial charge is 0.493 e. The number of piperidine rings is 1. The predicted molar refractivity (Wildman–Crippen MR) is 90.4 cm³/mol. The lowest BCUT2D eigenvalue weighted by Crippen LogP contribution is -2.35. The molecule has 1 heterocycles. The van der Waals surface area contributed by atoms with Crippen LogP contribution in [0.5, 0.6) is 5.75 Å². The summed E-state index contributed by atoms with van der Waals surface area (Å²) in [6, 6.07) is 7.24. The van der Waals surface area contributed by atoms with Gasteiger partial charge in [-0.25, -0.2) is 0 Å². The molecule has 1 aliphatic rings. The zero-order chi connectivity index (χ0) is 15.2. The van der Waals surface area contributed by atoms with Gasteiger partial charge in [0, 0.05) is 6.04 Å². The summed E-state index contributed by atoms with van der Waals surface area (Å²) >= 11 is 0. The molecule has 1 saturated heterocycles. The van der Waals surface area contributed by atoms with Crippen molar-refractivity contribution in [3.63, 3.8) is 0 Å². The molecule has 2 heteroatoms. The first-order valence-corrected chi connectivity index (χ1v) is 8.58. The summed E-state index contributed by atoms with van der Waals surface area (Å²) in [5.41, 5.74) is 2.69. The fourth-order valence-electron chi connectivity index (χ4n) is 3.12. The van der Waals surface area contributed by atoms with Crippen LogP contribution in [-0.4, -0.2) is 19.2 Å². The van der Waals surface area contributed by atoms with Gasteiger partial charge in [0.25, 0.3) is 0 Å². The third-order valence-electron chi connectivity index (χ3n) is 4.45. The van der Waals surface area contributed by atoms with Gasteiger partial charge in [-0.2, -0.15) is 0 Å². The fourth-order valence-corrected chi connectivity index (χ4v) is 3.12. The van der Waals surface area contributed by atoms with Crippen LogP contribution < -0.4 is 10.1 Å². The zero-order valence-electron chi connectivity index (χ0n) is 14.1. The van der Waals surface area contributed by atoms with E-state index in [0.29, 0.717) is 17.9 Å². The second kappa shape index (κ2) is 7.84. The van der Waals surface area contributed by atoms with Gasteiger partial charge in [-0.05, 0) is 48.8 Å². The van der Waals surface area contributed by atoms with Crippen LogP contribution in [0.4, 0.5) is 0 Å². The van der Waals surface area contributed by atoms with Crippen LogP contribution in [0, 0.1) is 0 Å². The van der Waals surface area contributed by atoms with Gasteiger partial charge in [0.1, 0.15) is 5.75 Å². The molecular formula is C19H31NO. The van der Waals surface area contributed by atoms with Crippen molar-refractivity contribution in [1.82, 2.24) is 5.32 Å². The molecular weight excluding hydrogens is 258 g/mol. The molecule has 1 atom stereocenters. The van der Waals surface area contributed by atoms with E-state index < -0.39 is 0 Å². The Hall–Kier alpha value is -1.02. The smallest absolute Gasteiger partial charge is 0.126 e. The molecule has 0 amide bonds. The van der Waals surface area contributed by atoms with E-state index >= 15 is 0 Å². The quantitative estimate of drug-likeness (QED) is 0.808. The summed E-state index contributed by atoms with van der Waals surface area (Å²) in [5, 5.41) is 3.60. The van der Waals surface area contributed by atoms with Crippen LogP contribution in [0.25, 0.3) is 0 Å². The van der Waals surface area contributed by atoms with E-state index in [-0.39, 0.29) is 0 Å². The van der Waals surface area contributed by atoms with Crippen LogP contribution in [0.3, 0.4) is 0 Å². The monoisotopic (exact) mass is 289 g/mol. The molecule has 0 radical (unpaired) electrons. The molecule has 2 rings (SSSR count). The highest BCUT2D eigenvalue weighted by Crippen LogP contribution is 2.34. The van der Waals surface area contributed by atoms with Crippen LogP contribution in [0.15, 0.2) is 18.2 Å². The number of benzene rings is 1. The molecule has 0 spiro atoms. The molecule has 0 saturated carbocycles. The SMILES string of the molecule is CC(C)c1cccc(C(C)C)c1OCCC1CCCCN1. The molecule has 0 aliphatic carbocycles. The van der Waals surface area contributed by atoms with E-state index in [1.807, 2.05) is 0 Å². The van der Waals surface area contributed by atoms with Gasteiger partial charge in [-0.15, -0.1) is 0 Å². The first-order chi connectivity index (χ1) is 10.1. The topological polar surface area (TPSA) is 21.3 Å². The lowest BCUT2D eigenvalue weighted by Gasteiger charge is -2.25. The van der Waals surface area contributed by atoms with Crippen molar-refractivity contribution in [1.29, 1.82) is 0 Å². The molecule has 0 bridgehead atoms. The Bertz CT molecular complexity index is 407. The Morgan fingerprint density at radius 1 is 1.10 bits per heavy atom. The molecule has 21 heavy (non-hydrogen) atoms. The molecule has 1 aromatic rings. The molecule has 1 aliphatic heterocycles. The van der Waals surface area contributed by atoms with E-state index in [1.165, 1.54) is 36.9 Å². The van der Waals surface area contributed by atoms with Crippen molar-refractivity contribution in [2.24, 2.45) is 0 Å². The van der Waals surface area contributed by atoms with Crippen molar-refractivity contribution in [3.05, 3.63) is 29.3 Å². The minimum absolute atomic E-state index is 0.506. The normalized spacial score (nSPS) is 19.2. The maximum atomic E-state index is 6.25. The Morgan fingerprint density at radius 3 is 2.29 bits per heavy atom. The van der Waals surface area contributed by atoms with Gasteiger partial charge in [-0.1, -0.05) is 52.3 Å². The molecule has 0 aromatic heterocycles. The van der Waals surface area contributed by atoms with E-state index in [9.17, 15) is 0 Å². The lowest BCUT2D eigenvalue weighted by atomic mass is 9.94. The van der Waals surface area contributed by atoms with Gasteiger partial charge in [0.2, 0.25) is 0 Å². The Labute approximate surface area is 130 Å². The van der Waals surface area contributed by atoms with E-state index in [4.69, 9.17) is 4.74 Å². The number of para-hydroxylation sites is 1. The minimum Gasteiger partial charge on any atom is -0.493 e. The Morgan fingerprint density at radius 2 is 1.76 bits per heavy atom. The highest BCUT2D eigenvalue weighted by molar-refractivity contribution is 5.44. The molecule has 1 unspecified atom stereocenters. The van der Waals surface area contributed by atoms with E-state index in [1.54, 1.807) is 0 Å². The maximum Gasteiger partial charge on any atom is 0.126 e. The summed E-state index contributed by atoms with van der Waals surface area (Å²) in [6.45, 7) is 11.0. The van der Waals surface area contributed by atoms with Crippen LogP contribution in [-0.2, 0) is 0 Å². The van der Waals surface area contributed by atoms with Gasteiger partial charge in [0.15, 0.2) is 0 Å². The number of rotatable bonds is 6. The molecule has 1 fully saturated rings. The van der Waals surface area contributed by atoms with Crippen molar-refractivity contribution >= 4 is 0 Å². The van der Waals surface area contributed by atoms with Crippen molar-refractivity contribution in [2.75, 3.05) is 13.2 Å². The van der Waals surface area contributed by atoms with Gasteiger partial charge in [0.05, 0.1) is 6.61 Å². The van der Waals surface area contributed by atoms with Gasteiger partial charge in [-0.3, -0.25) is 0 Å². The second-order valence-electron chi connectivity index (χ2n) is 6.86. The third-order valence-corrected chi connectivity index (χ3v) is 4.45. The molecule has 2 nitrogen and oxygen atoms in total. The highest BCUT2D eigenvalue weighted by atomic mass is 16.5. The van der Waals surface area contributed by atoms with Gasteiger partial charge >= 0.3 is 0 Å². The molecule has 118 valence electrons. The number of nitrogens with one attached hydrogen (secondary N) is 1. The van der Waals surface area contributed by atoms with Crippen molar-refractivity contribution in [2.45, 2.75) is 71.3 Å². The predicted octanol–water partition coefficient (Wildman–Crippen LogP) is 4.84. The number of ether oxygens (including phenoxy) is 1. The Kier molecular flexibility index (Phi) is 6.10. The maximum absolute atomic E-state index is 6.25. The summed E-state index contributed by atoms with van der Waals surface area (Å²) in [6.07, 6.45) is 5.10. The van der Waals surface area contributed by atoms with Crippen LogP contribution in [0.2, 0.25) is 0 Å². The number of hydrogen-bond acceptors (Lipinski definition) is 2. The first kappa shape index (κ1) is 16.4. The summed E-state index contributed by atoms with van der Waals surface area (Å²) in [4.78, 5) is 0. The van der Waals surface area contributed by atoms with Crippen LogP contribution in [0.1, 0.15) is 76.3 Å². The molecule has 1 aromatic carbocycles. The standard InChI is InChI=1S/C19H31NO/c1-14(2)17-9-7-10-18(15(3)4)19(17)21-13-11-16-8-5-6-12-20-16/h7,9-10,14-16,20H,5-6,8,11-13H2,1-4H3. The van der Waals surface area contributed by atoms with Crippen molar-refractivity contribution < 1.29 is 4.74 Å². The minimum atomic E-state index is 0.506. The third kappa shape index (κ3) is 4.47. The highest BCUT2D eigenvalue weighted by Gasteiger charge is 2.16. The van der Waals surface area contributed by atoms with Crippen LogP contribution >= 0.6 is 0 Å². The summed E-state index contributed by atoms with van der Waals surface area (Å²) in [7, 11) is 0. The first-order valence-electron chi connectivity index (χ1n) is 8.58. The Balaban J connectivity index is 2.02. The van der Waals surface area contributed by atoms with Gasteiger partial charge < -0.3 is 10.1 Å². The lowest BCUT2D eigenvalue weighted by molar-refractivity contribution is 0.263.